The minimum Gasteiger partial charge on any atom is -0.489 e. The highest BCUT2D eigenvalue weighted by atomic mass is 32.2. The maximum atomic E-state index is 12.8. The predicted molar refractivity (Wildman–Crippen MR) is 134 cm³/mol. The standard InChI is InChI=1S/C26H30N2O4S/c1-18(2)32-25-9-7-6-8-23(25)27-26(29)22-14-12-21(13-15-22)17-28(33(5,30)31)24-16-19(3)10-11-20(24)4/h6-16,18H,17H2,1-5H3,(H,27,29). The van der Waals surface area contributed by atoms with Crippen LogP contribution in [0, 0.1) is 13.8 Å². The Balaban J connectivity index is 1.79. The van der Waals surface area contributed by atoms with Crippen LogP contribution < -0.4 is 14.4 Å². The second kappa shape index (κ2) is 10.1. The fourth-order valence-corrected chi connectivity index (χ4v) is 4.36. The van der Waals surface area contributed by atoms with E-state index in [4.69, 9.17) is 4.74 Å². The van der Waals surface area contributed by atoms with Crippen molar-refractivity contribution < 1.29 is 17.9 Å². The van der Waals surface area contributed by atoms with Gasteiger partial charge in [-0.2, -0.15) is 0 Å². The molecule has 0 aromatic heterocycles. The fourth-order valence-electron chi connectivity index (χ4n) is 3.42. The largest absolute Gasteiger partial charge is 0.489 e. The Morgan fingerprint density at radius 2 is 1.67 bits per heavy atom. The van der Waals surface area contributed by atoms with Gasteiger partial charge in [-0.05, 0) is 74.7 Å². The van der Waals surface area contributed by atoms with Gasteiger partial charge in [-0.1, -0.05) is 36.4 Å². The lowest BCUT2D eigenvalue weighted by Crippen LogP contribution is -2.30. The average Bonchev–Trinajstić information content (AvgIpc) is 2.74. The molecule has 0 heterocycles. The van der Waals surface area contributed by atoms with Crippen molar-refractivity contribution in [3.8, 4) is 5.75 Å². The molecule has 0 atom stereocenters. The van der Waals surface area contributed by atoms with Crippen molar-refractivity contribution in [3.05, 3.63) is 89.0 Å². The summed E-state index contributed by atoms with van der Waals surface area (Å²) in [4.78, 5) is 12.8. The molecule has 1 N–H and O–H groups in total. The minimum atomic E-state index is -3.50. The molecule has 0 fully saturated rings. The topological polar surface area (TPSA) is 75.7 Å². The van der Waals surface area contributed by atoms with Gasteiger partial charge in [-0.15, -0.1) is 0 Å². The van der Waals surface area contributed by atoms with E-state index in [-0.39, 0.29) is 18.6 Å². The number of nitrogens with zero attached hydrogens (tertiary/aromatic N) is 1. The number of benzene rings is 3. The van der Waals surface area contributed by atoms with E-state index in [1.165, 1.54) is 10.6 Å². The molecule has 174 valence electrons. The number of nitrogens with one attached hydrogen (secondary N) is 1. The molecule has 3 aromatic rings. The van der Waals surface area contributed by atoms with Gasteiger partial charge >= 0.3 is 0 Å². The minimum absolute atomic E-state index is 0.0165. The van der Waals surface area contributed by atoms with Crippen LogP contribution in [0.5, 0.6) is 5.75 Å². The molecule has 1 amide bonds. The summed E-state index contributed by atoms with van der Waals surface area (Å²) < 4.78 is 32.2. The smallest absolute Gasteiger partial charge is 0.255 e. The van der Waals surface area contributed by atoms with Gasteiger partial charge in [-0.25, -0.2) is 8.42 Å². The molecular formula is C26H30N2O4S. The number of carbonyl (C=O) groups is 1. The number of sulfonamides is 1. The maximum absolute atomic E-state index is 12.8. The van der Waals surface area contributed by atoms with Crippen LogP contribution in [0.15, 0.2) is 66.7 Å². The Kier molecular flexibility index (Phi) is 7.43. The van der Waals surface area contributed by atoms with Crippen molar-refractivity contribution in [2.75, 3.05) is 15.9 Å². The van der Waals surface area contributed by atoms with Gasteiger partial charge in [0.15, 0.2) is 0 Å². The first-order valence-electron chi connectivity index (χ1n) is 10.8. The number of anilines is 2. The quantitative estimate of drug-likeness (QED) is 0.488. The molecule has 0 aliphatic rings. The van der Waals surface area contributed by atoms with Crippen LogP contribution in [0.3, 0.4) is 0 Å². The zero-order valence-corrected chi connectivity index (χ0v) is 20.4. The number of para-hydroxylation sites is 2. The summed E-state index contributed by atoms with van der Waals surface area (Å²) in [5, 5.41) is 2.89. The van der Waals surface area contributed by atoms with Gasteiger partial charge in [0.2, 0.25) is 10.0 Å². The molecule has 0 unspecified atom stereocenters. The van der Waals surface area contributed by atoms with Crippen molar-refractivity contribution >= 4 is 27.3 Å². The normalized spacial score (nSPS) is 11.3. The molecule has 7 heteroatoms. The lowest BCUT2D eigenvalue weighted by atomic mass is 10.1. The summed E-state index contributed by atoms with van der Waals surface area (Å²) in [6.07, 6.45) is 1.19. The summed E-state index contributed by atoms with van der Waals surface area (Å²) >= 11 is 0. The number of ether oxygens (including phenoxy) is 1. The number of hydrogen-bond donors (Lipinski definition) is 1. The Morgan fingerprint density at radius 3 is 2.30 bits per heavy atom. The third-order valence-electron chi connectivity index (χ3n) is 5.07. The summed E-state index contributed by atoms with van der Waals surface area (Å²) in [7, 11) is -3.50. The summed E-state index contributed by atoms with van der Waals surface area (Å²) in [6, 6.07) is 20.0. The SMILES string of the molecule is Cc1ccc(C)c(N(Cc2ccc(C(=O)Nc3ccccc3OC(C)C)cc2)S(C)(=O)=O)c1. The van der Waals surface area contributed by atoms with E-state index in [0.29, 0.717) is 22.7 Å². The van der Waals surface area contributed by atoms with Crippen LogP contribution in [0.25, 0.3) is 0 Å². The van der Waals surface area contributed by atoms with Crippen LogP contribution in [-0.4, -0.2) is 26.7 Å². The highest BCUT2D eigenvalue weighted by molar-refractivity contribution is 7.92. The molecule has 3 aromatic carbocycles. The van der Waals surface area contributed by atoms with E-state index in [0.717, 1.165) is 16.7 Å². The average molecular weight is 467 g/mol. The van der Waals surface area contributed by atoms with Crippen molar-refractivity contribution in [2.45, 2.75) is 40.3 Å². The molecule has 33 heavy (non-hydrogen) atoms. The highest BCUT2D eigenvalue weighted by Crippen LogP contribution is 2.27. The van der Waals surface area contributed by atoms with Crippen LogP contribution in [0.2, 0.25) is 0 Å². The zero-order chi connectivity index (χ0) is 24.2. The first-order valence-corrected chi connectivity index (χ1v) is 12.6. The number of carbonyl (C=O) groups excluding carboxylic acids is 1. The van der Waals surface area contributed by atoms with E-state index in [1.807, 2.05) is 64.1 Å². The van der Waals surface area contributed by atoms with Gasteiger partial charge in [0.05, 0.1) is 30.3 Å². The number of hydrogen-bond acceptors (Lipinski definition) is 4. The summed E-state index contributed by atoms with van der Waals surface area (Å²) in [5.41, 5.74) is 4.36. The second-order valence-electron chi connectivity index (χ2n) is 8.37. The van der Waals surface area contributed by atoms with Crippen LogP contribution >= 0.6 is 0 Å². The molecule has 3 rings (SSSR count). The van der Waals surface area contributed by atoms with E-state index in [2.05, 4.69) is 5.32 Å². The molecule has 0 aliphatic heterocycles. The van der Waals surface area contributed by atoms with Gasteiger partial charge in [-0.3, -0.25) is 9.10 Å². The summed E-state index contributed by atoms with van der Waals surface area (Å²) in [5.74, 6) is 0.339. The van der Waals surface area contributed by atoms with Gasteiger partial charge in [0, 0.05) is 5.56 Å². The lowest BCUT2D eigenvalue weighted by molar-refractivity contribution is 0.102. The molecule has 0 bridgehead atoms. The second-order valence-corrected chi connectivity index (χ2v) is 10.3. The third-order valence-corrected chi connectivity index (χ3v) is 6.20. The molecule has 0 radical (unpaired) electrons. The molecule has 0 saturated heterocycles. The predicted octanol–water partition coefficient (Wildman–Crippen LogP) is 5.31. The van der Waals surface area contributed by atoms with Crippen LogP contribution in [0.1, 0.15) is 40.9 Å². The van der Waals surface area contributed by atoms with E-state index in [1.54, 1.807) is 30.3 Å². The Labute approximate surface area is 196 Å². The summed E-state index contributed by atoms with van der Waals surface area (Å²) in [6.45, 7) is 7.85. The van der Waals surface area contributed by atoms with Crippen LogP contribution in [-0.2, 0) is 16.6 Å². The molecular weight excluding hydrogens is 436 g/mol. The first kappa shape index (κ1) is 24.3. The van der Waals surface area contributed by atoms with Crippen LogP contribution in [0.4, 0.5) is 11.4 Å². The van der Waals surface area contributed by atoms with Gasteiger partial charge in [0.1, 0.15) is 5.75 Å². The first-order chi connectivity index (χ1) is 15.5. The number of aryl methyl sites for hydroxylation is 2. The zero-order valence-electron chi connectivity index (χ0n) is 19.6. The van der Waals surface area contributed by atoms with E-state index in [9.17, 15) is 13.2 Å². The van der Waals surface area contributed by atoms with E-state index >= 15 is 0 Å². The number of amides is 1. The maximum Gasteiger partial charge on any atom is 0.255 e. The van der Waals surface area contributed by atoms with E-state index < -0.39 is 10.0 Å². The Bertz CT molecular complexity index is 1240. The lowest BCUT2D eigenvalue weighted by Gasteiger charge is -2.25. The third kappa shape index (κ3) is 6.35. The molecule has 0 aliphatic carbocycles. The monoisotopic (exact) mass is 466 g/mol. The van der Waals surface area contributed by atoms with Crippen molar-refractivity contribution in [3.63, 3.8) is 0 Å². The van der Waals surface area contributed by atoms with Crippen molar-refractivity contribution in [1.29, 1.82) is 0 Å². The Morgan fingerprint density at radius 1 is 1.00 bits per heavy atom. The molecule has 0 saturated carbocycles. The van der Waals surface area contributed by atoms with Crippen molar-refractivity contribution in [1.82, 2.24) is 0 Å². The highest BCUT2D eigenvalue weighted by Gasteiger charge is 2.20. The number of rotatable bonds is 8. The Hall–Kier alpha value is -3.32. The molecule has 0 spiro atoms. The molecule has 6 nitrogen and oxygen atoms in total. The van der Waals surface area contributed by atoms with Gasteiger partial charge < -0.3 is 10.1 Å². The van der Waals surface area contributed by atoms with Gasteiger partial charge in [0.25, 0.3) is 5.91 Å². The van der Waals surface area contributed by atoms with Crippen molar-refractivity contribution in [2.24, 2.45) is 0 Å². The fraction of sp³-hybridized carbons (Fsp3) is 0.269.